The van der Waals surface area contributed by atoms with Gasteiger partial charge in [-0.3, -0.25) is 0 Å². The Morgan fingerprint density at radius 3 is 2.37 bits per heavy atom. The maximum atomic E-state index is 5.84. The number of hydrogen-bond donors (Lipinski definition) is 1. The van der Waals surface area contributed by atoms with Gasteiger partial charge in [-0.25, -0.2) is 0 Å². The zero-order valence-corrected chi connectivity index (χ0v) is 12.2. The molecule has 19 heavy (non-hydrogen) atoms. The quantitative estimate of drug-likeness (QED) is 0.886. The van der Waals surface area contributed by atoms with E-state index in [4.69, 9.17) is 9.47 Å². The standard InChI is InChI=1S/C16H25NO2/c1-4-17-16(15-11-18-9-10-19-15)14-7-5-13(6-8-14)12(2)3/h5-8,12,15-17H,4,9-11H2,1-3H3. The van der Waals surface area contributed by atoms with Crippen molar-refractivity contribution in [2.24, 2.45) is 0 Å². The molecule has 1 fully saturated rings. The molecule has 3 nitrogen and oxygen atoms in total. The fraction of sp³-hybridized carbons (Fsp3) is 0.625. The summed E-state index contributed by atoms with van der Waals surface area (Å²) in [5.41, 5.74) is 2.65. The van der Waals surface area contributed by atoms with E-state index in [9.17, 15) is 0 Å². The van der Waals surface area contributed by atoms with Crippen LogP contribution in [0.2, 0.25) is 0 Å². The average Bonchev–Trinajstić information content (AvgIpc) is 2.46. The van der Waals surface area contributed by atoms with Gasteiger partial charge in [0.05, 0.1) is 25.9 Å². The smallest absolute Gasteiger partial charge is 0.100 e. The van der Waals surface area contributed by atoms with Crippen LogP contribution in [-0.4, -0.2) is 32.5 Å². The molecule has 1 aliphatic rings. The van der Waals surface area contributed by atoms with E-state index < -0.39 is 0 Å². The van der Waals surface area contributed by atoms with Gasteiger partial charge in [-0.05, 0) is 23.6 Å². The Morgan fingerprint density at radius 1 is 1.16 bits per heavy atom. The molecule has 0 saturated carbocycles. The highest BCUT2D eigenvalue weighted by atomic mass is 16.6. The van der Waals surface area contributed by atoms with Gasteiger partial charge >= 0.3 is 0 Å². The zero-order chi connectivity index (χ0) is 13.7. The van der Waals surface area contributed by atoms with E-state index in [0.717, 1.165) is 6.54 Å². The Morgan fingerprint density at radius 2 is 1.84 bits per heavy atom. The summed E-state index contributed by atoms with van der Waals surface area (Å²) in [7, 11) is 0. The third-order valence-corrected chi connectivity index (χ3v) is 3.60. The van der Waals surface area contributed by atoms with Crippen LogP contribution in [0, 0.1) is 0 Å². The van der Waals surface area contributed by atoms with Gasteiger partial charge in [-0.2, -0.15) is 0 Å². The van der Waals surface area contributed by atoms with E-state index in [1.54, 1.807) is 0 Å². The second kappa shape index (κ2) is 7.04. The summed E-state index contributed by atoms with van der Waals surface area (Å²) in [5.74, 6) is 0.570. The zero-order valence-electron chi connectivity index (χ0n) is 12.2. The first-order valence-corrected chi connectivity index (χ1v) is 7.25. The van der Waals surface area contributed by atoms with E-state index in [0.29, 0.717) is 25.7 Å². The highest BCUT2D eigenvalue weighted by molar-refractivity contribution is 5.27. The van der Waals surface area contributed by atoms with Crippen LogP contribution in [0.25, 0.3) is 0 Å². The van der Waals surface area contributed by atoms with Gasteiger partial charge in [-0.1, -0.05) is 45.0 Å². The highest BCUT2D eigenvalue weighted by Crippen LogP contribution is 2.24. The van der Waals surface area contributed by atoms with Crippen molar-refractivity contribution in [1.82, 2.24) is 5.32 Å². The van der Waals surface area contributed by atoms with Crippen molar-refractivity contribution in [3.63, 3.8) is 0 Å². The van der Waals surface area contributed by atoms with E-state index in [2.05, 4.69) is 50.4 Å². The van der Waals surface area contributed by atoms with Crippen molar-refractivity contribution in [3.05, 3.63) is 35.4 Å². The topological polar surface area (TPSA) is 30.5 Å². The summed E-state index contributed by atoms with van der Waals surface area (Å²) in [6.45, 7) is 9.56. The third kappa shape index (κ3) is 3.78. The van der Waals surface area contributed by atoms with Crippen LogP contribution in [-0.2, 0) is 9.47 Å². The lowest BCUT2D eigenvalue weighted by atomic mass is 9.96. The van der Waals surface area contributed by atoms with Gasteiger partial charge in [-0.15, -0.1) is 0 Å². The lowest BCUT2D eigenvalue weighted by Crippen LogP contribution is -2.40. The number of hydrogen-bond acceptors (Lipinski definition) is 3. The average molecular weight is 263 g/mol. The van der Waals surface area contributed by atoms with Crippen LogP contribution in [0.4, 0.5) is 0 Å². The molecule has 0 bridgehead atoms. The molecule has 0 radical (unpaired) electrons. The molecule has 1 aliphatic heterocycles. The van der Waals surface area contributed by atoms with Crippen molar-refractivity contribution in [2.45, 2.75) is 38.8 Å². The van der Waals surface area contributed by atoms with E-state index in [1.807, 2.05) is 0 Å². The molecule has 0 aliphatic carbocycles. The normalized spacial score (nSPS) is 21.6. The molecule has 3 heteroatoms. The third-order valence-electron chi connectivity index (χ3n) is 3.60. The predicted molar refractivity (Wildman–Crippen MR) is 77.5 cm³/mol. The summed E-state index contributed by atoms with van der Waals surface area (Å²) in [6, 6.07) is 9.06. The minimum absolute atomic E-state index is 0.110. The largest absolute Gasteiger partial charge is 0.376 e. The molecule has 1 saturated heterocycles. The fourth-order valence-corrected chi connectivity index (χ4v) is 2.47. The van der Waals surface area contributed by atoms with Crippen molar-refractivity contribution in [2.75, 3.05) is 26.4 Å². The van der Waals surface area contributed by atoms with E-state index >= 15 is 0 Å². The van der Waals surface area contributed by atoms with E-state index in [-0.39, 0.29) is 12.1 Å². The van der Waals surface area contributed by atoms with Gasteiger partial charge in [0.25, 0.3) is 0 Å². The SMILES string of the molecule is CCNC(c1ccc(C(C)C)cc1)C1COCCO1. The Labute approximate surface area is 116 Å². The van der Waals surface area contributed by atoms with Gasteiger partial charge in [0.2, 0.25) is 0 Å². The van der Waals surface area contributed by atoms with Crippen LogP contribution in [0.3, 0.4) is 0 Å². The molecular formula is C16H25NO2. The van der Waals surface area contributed by atoms with Crippen LogP contribution in [0.15, 0.2) is 24.3 Å². The molecule has 106 valence electrons. The number of likely N-dealkylation sites (N-methyl/N-ethyl adjacent to an activating group) is 1. The summed E-state index contributed by atoms with van der Waals surface area (Å²) < 4.78 is 11.4. The van der Waals surface area contributed by atoms with Crippen LogP contribution < -0.4 is 5.32 Å². The first kappa shape index (κ1) is 14.5. The molecule has 2 rings (SSSR count). The van der Waals surface area contributed by atoms with Crippen LogP contribution >= 0.6 is 0 Å². The number of ether oxygens (including phenoxy) is 2. The first-order valence-electron chi connectivity index (χ1n) is 7.25. The maximum Gasteiger partial charge on any atom is 0.100 e. The number of rotatable bonds is 5. The van der Waals surface area contributed by atoms with Crippen molar-refractivity contribution in [1.29, 1.82) is 0 Å². The monoisotopic (exact) mass is 263 g/mol. The summed E-state index contributed by atoms with van der Waals surface area (Å²) >= 11 is 0. The Bertz CT molecular complexity index is 369. The van der Waals surface area contributed by atoms with Crippen molar-refractivity contribution in [3.8, 4) is 0 Å². The fourth-order valence-electron chi connectivity index (χ4n) is 2.47. The minimum Gasteiger partial charge on any atom is -0.376 e. The molecule has 0 aromatic heterocycles. The molecule has 0 spiro atoms. The summed E-state index contributed by atoms with van der Waals surface area (Å²) in [4.78, 5) is 0. The second-order valence-corrected chi connectivity index (χ2v) is 5.34. The van der Waals surface area contributed by atoms with E-state index in [1.165, 1.54) is 11.1 Å². The van der Waals surface area contributed by atoms with Gasteiger partial charge in [0.15, 0.2) is 0 Å². The van der Waals surface area contributed by atoms with Gasteiger partial charge in [0, 0.05) is 0 Å². The summed E-state index contributed by atoms with van der Waals surface area (Å²) in [5, 5.41) is 3.51. The lowest BCUT2D eigenvalue weighted by molar-refractivity contribution is -0.102. The molecule has 1 N–H and O–H groups in total. The maximum absolute atomic E-state index is 5.84. The Balaban J connectivity index is 2.13. The Kier molecular flexibility index (Phi) is 5.37. The molecular weight excluding hydrogens is 238 g/mol. The number of benzene rings is 1. The highest BCUT2D eigenvalue weighted by Gasteiger charge is 2.25. The van der Waals surface area contributed by atoms with Crippen LogP contribution in [0.1, 0.15) is 43.9 Å². The van der Waals surface area contributed by atoms with Gasteiger partial charge in [0.1, 0.15) is 6.10 Å². The molecule has 2 atom stereocenters. The molecule has 1 aromatic rings. The first-order chi connectivity index (χ1) is 9.22. The van der Waals surface area contributed by atoms with Gasteiger partial charge < -0.3 is 14.8 Å². The van der Waals surface area contributed by atoms with Crippen molar-refractivity contribution < 1.29 is 9.47 Å². The summed E-state index contributed by atoms with van der Waals surface area (Å²) in [6.07, 6.45) is 0.110. The molecule has 1 aromatic carbocycles. The predicted octanol–water partition coefficient (Wildman–Crippen LogP) is 2.88. The van der Waals surface area contributed by atoms with Crippen LogP contribution in [0.5, 0.6) is 0 Å². The lowest BCUT2D eigenvalue weighted by Gasteiger charge is -2.31. The minimum atomic E-state index is 0.110. The molecule has 0 amide bonds. The van der Waals surface area contributed by atoms with Crippen molar-refractivity contribution >= 4 is 0 Å². The second-order valence-electron chi connectivity index (χ2n) is 5.34. The molecule has 1 heterocycles. The number of nitrogens with one attached hydrogen (secondary N) is 1. The Hall–Kier alpha value is -0.900. The molecule has 2 unspecified atom stereocenters.